The van der Waals surface area contributed by atoms with Gasteiger partial charge in [-0.05, 0) is 44.2 Å². The van der Waals surface area contributed by atoms with Crippen molar-refractivity contribution in [3.05, 3.63) is 59.2 Å². The average molecular weight is 269 g/mol. The summed E-state index contributed by atoms with van der Waals surface area (Å²) in [7, 11) is 0. The molecular formula is C16H16FN3. The molecule has 1 aromatic heterocycles. The Labute approximate surface area is 118 Å². The summed E-state index contributed by atoms with van der Waals surface area (Å²) in [6.45, 7) is 5.26. The van der Waals surface area contributed by atoms with Crippen molar-refractivity contribution < 1.29 is 4.39 Å². The second-order valence-corrected chi connectivity index (χ2v) is 4.56. The minimum absolute atomic E-state index is 0.347. The van der Waals surface area contributed by atoms with Gasteiger partial charge in [-0.2, -0.15) is 5.26 Å². The molecule has 0 N–H and O–H groups in total. The highest BCUT2D eigenvalue weighted by Gasteiger charge is 2.12. The van der Waals surface area contributed by atoms with Crippen LogP contribution in [-0.2, 0) is 6.54 Å². The summed E-state index contributed by atoms with van der Waals surface area (Å²) < 4.78 is 13.2. The first-order chi connectivity index (χ1) is 9.63. The van der Waals surface area contributed by atoms with Crippen LogP contribution in [-0.4, -0.2) is 11.5 Å². The van der Waals surface area contributed by atoms with Crippen molar-refractivity contribution in [2.24, 2.45) is 0 Å². The maximum absolute atomic E-state index is 13.2. The molecule has 4 heteroatoms. The van der Waals surface area contributed by atoms with Crippen molar-refractivity contribution >= 4 is 5.69 Å². The van der Waals surface area contributed by atoms with Crippen molar-refractivity contribution in [2.75, 3.05) is 11.4 Å². The Balaban J connectivity index is 2.31. The number of hydrogen-bond donors (Lipinski definition) is 0. The molecule has 0 bridgehead atoms. The van der Waals surface area contributed by atoms with E-state index < -0.39 is 5.82 Å². The van der Waals surface area contributed by atoms with Gasteiger partial charge in [-0.15, -0.1) is 0 Å². The molecule has 1 heterocycles. The normalized spacial score (nSPS) is 10.1. The molecule has 0 radical (unpaired) electrons. The Hall–Kier alpha value is -2.41. The smallest absolute Gasteiger partial charge is 0.124 e. The number of aryl methyl sites for hydroxylation is 1. The van der Waals surface area contributed by atoms with E-state index in [2.05, 4.69) is 4.98 Å². The molecule has 0 unspecified atom stereocenters. The molecule has 0 fully saturated rings. The van der Waals surface area contributed by atoms with Gasteiger partial charge in [-0.3, -0.25) is 4.98 Å². The fourth-order valence-electron chi connectivity index (χ4n) is 2.12. The first-order valence-corrected chi connectivity index (χ1v) is 6.51. The summed E-state index contributed by atoms with van der Waals surface area (Å²) in [5.41, 5.74) is 2.97. The van der Waals surface area contributed by atoms with E-state index >= 15 is 0 Å². The molecule has 102 valence electrons. The largest absolute Gasteiger partial charge is 0.365 e. The molecule has 1 aromatic carbocycles. The van der Waals surface area contributed by atoms with Crippen molar-refractivity contribution in [3.63, 3.8) is 0 Å². The number of pyridine rings is 1. The van der Waals surface area contributed by atoms with Crippen LogP contribution in [0.1, 0.15) is 23.9 Å². The fourth-order valence-corrected chi connectivity index (χ4v) is 2.12. The first kappa shape index (κ1) is 14.0. The molecular weight excluding hydrogens is 253 g/mol. The number of anilines is 1. The van der Waals surface area contributed by atoms with Crippen LogP contribution in [0.15, 0.2) is 36.4 Å². The van der Waals surface area contributed by atoms with Gasteiger partial charge in [-0.25, -0.2) is 4.39 Å². The van der Waals surface area contributed by atoms with Crippen LogP contribution < -0.4 is 4.90 Å². The maximum atomic E-state index is 13.2. The summed E-state index contributed by atoms with van der Waals surface area (Å²) in [4.78, 5) is 6.47. The molecule has 0 aliphatic rings. The Morgan fingerprint density at radius 2 is 2.10 bits per heavy atom. The molecule has 0 saturated carbocycles. The van der Waals surface area contributed by atoms with Crippen LogP contribution in [0, 0.1) is 24.1 Å². The van der Waals surface area contributed by atoms with Crippen LogP contribution in [0.5, 0.6) is 0 Å². The second kappa shape index (κ2) is 6.16. The van der Waals surface area contributed by atoms with Crippen LogP contribution in [0.2, 0.25) is 0 Å². The lowest BCUT2D eigenvalue weighted by molar-refractivity contribution is 0.627. The Kier molecular flexibility index (Phi) is 4.31. The Morgan fingerprint density at radius 1 is 1.30 bits per heavy atom. The van der Waals surface area contributed by atoms with Gasteiger partial charge < -0.3 is 4.90 Å². The number of aromatic nitrogens is 1. The number of halogens is 1. The average Bonchev–Trinajstić information content (AvgIpc) is 2.45. The Bertz CT molecular complexity index is 646. The van der Waals surface area contributed by atoms with Crippen molar-refractivity contribution in [3.8, 4) is 6.07 Å². The second-order valence-electron chi connectivity index (χ2n) is 4.56. The third kappa shape index (κ3) is 3.12. The van der Waals surface area contributed by atoms with Crippen molar-refractivity contribution in [1.29, 1.82) is 5.26 Å². The highest BCUT2D eigenvalue weighted by atomic mass is 19.1. The van der Waals surface area contributed by atoms with E-state index in [1.807, 2.05) is 43.0 Å². The van der Waals surface area contributed by atoms with E-state index in [-0.39, 0.29) is 0 Å². The summed E-state index contributed by atoms with van der Waals surface area (Å²) in [5, 5.41) is 9.14. The van der Waals surface area contributed by atoms with Crippen LogP contribution in [0.25, 0.3) is 0 Å². The zero-order chi connectivity index (χ0) is 14.5. The molecule has 0 aliphatic heterocycles. The summed E-state index contributed by atoms with van der Waals surface area (Å²) in [5.74, 6) is -0.393. The molecule has 0 atom stereocenters. The van der Waals surface area contributed by atoms with E-state index in [4.69, 9.17) is 5.26 Å². The number of hydrogen-bond acceptors (Lipinski definition) is 3. The SMILES string of the molecule is CCN(Cc1cccc(C)n1)c1ccc(F)cc1C#N. The summed E-state index contributed by atoms with van der Waals surface area (Å²) in [6.07, 6.45) is 0. The highest BCUT2D eigenvalue weighted by molar-refractivity contribution is 5.59. The lowest BCUT2D eigenvalue weighted by Crippen LogP contribution is -2.23. The van der Waals surface area contributed by atoms with Crippen molar-refractivity contribution in [2.45, 2.75) is 20.4 Å². The van der Waals surface area contributed by atoms with E-state index in [1.165, 1.54) is 12.1 Å². The van der Waals surface area contributed by atoms with Gasteiger partial charge in [0, 0.05) is 12.2 Å². The molecule has 0 spiro atoms. The topological polar surface area (TPSA) is 39.9 Å². The van der Waals surface area contributed by atoms with Gasteiger partial charge in [0.05, 0.1) is 23.5 Å². The molecule has 0 amide bonds. The molecule has 2 rings (SSSR count). The third-order valence-corrected chi connectivity index (χ3v) is 3.10. The molecule has 20 heavy (non-hydrogen) atoms. The number of nitriles is 1. The standard InChI is InChI=1S/C16H16FN3/c1-3-20(11-15-6-4-5-12(2)19-15)16-8-7-14(17)9-13(16)10-18/h4-9H,3,11H2,1-2H3. The fraction of sp³-hybridized carbons (Fsp3) is 0.250. The maximum Gasteiger partial charge on any atom is 0.124 e. The zero-order valence-electron chi connectivity index (χ0n) is 11.6. The molecule has 2 aromatic rings. The van der Waals surface area contributed by atoms with Crippen LogP contribution in [0.3, 0.4) is 0 Å². The van der Waals surface area contributed by atoms with E-state index in [0.717, 1.165) is 23.6 Å². The number of benzene rings is 1. The van der Waals surface area contributed by atoms with Crippen LogP contribution >= 0.6 is 0 Å². The van der Waals surface area contributed by atoms with Gasteiger partial charge >= 0.3 is 0 Å². The third-order valence-electron chi connectivity index (χ3n) is 3.10. The van der Waals surface area contributed by atoms with Gasteiger partial charge in [0.25, 0.3) is 0 Å². The van der Waals surface area contributed by atoms with Gasteiger partial charge in [-0.1, -0.05) is 6.07 Å². The molecule has 0 saturated heterocycles. The van der Waals surface area contributed by atoms with E-state index in [0.29, 0.717) is 12.1 Å². The summed E-state index contributed by atoms with van der Waals surface area (Å²) >= 11 is 0. The minimum Gasteiger partial charge on any atom is -0.365 e. The Morgan fingerprint density at radius 3 is 2.75 bits per heavy atom. The minimum atomic E-state index is -0.393. The van der Waals surface area contributed by atoms with E-state index in [1.54, 1.807) is 6.07 Å². The lowest BCUT2D eigenvalue weighted by atomic mass is 10.1. The highest BCUT2D eigenvalue weighted by Crippen LogP contribution is 2.22. The van der Waals surface area contributed by atoms with Gasteiger partial charge in [0.2, 0.25) is 0 Å². The van der Waals surface area contributed by atoms with E-state index in [9.17, 15) is 4.39 Å². The van der Waals surface area contributed by atoms with Gasteiger partial charge in [0.15, 0.2) is 0 Å². The van der Waals surface area contributed by atoms with Crippen molar-refractivity contribution in [1.82, 2.24) is 4.98 Å². The predicted molar refractivity (Wildman–Crippen MR) is 76.8 cm³/mol. The van der Waals surface area contributed by atoms with Gasteiger partial charge in [0.1, 0.15) is 11.9 Å². The first-order valence-electron chi connectivity index (χ1n) is 6.51. The number of nitrogens with zero attached hydrogens (tertiary/aromatic N) is 3. The summed E-state index contributed by atoms with van der Waals surface area (Å²) in [6, 6.07) is 12.2. The van der Waals surface area contributed by atoms with Crippen LogP contribution in [0.4, 0.5) is 10.1 Å². The molecule has 0 aliphatic carbocycles. The monoisotopic (exact) mass is 269 g/mol. The predicted octanol–water partition coefficient (Wildman–Crippen LogP) is 3.43. The quantitative estimate of drug-likeness (QED) is 0.853. The zero-order valence-corrected chi connectivity index (χ0v) is 11.6. The molecule has 3 nitrogen and oxygen atoms in total. The number of rotatable bonds is 4. The lowest BCUT2D eigenvalue weighted by Gasteiger charge is -2.24.